The number of hydrogen-bond donors (Lipinski definition) is 3. The van der Waals surface area contributed by atoms with E-state index in [-0.39, 0.29) is 0 Å². The summed E-state index contributed by atoms with van der Waals surface area (Å²) in [4.78, 5) is 8.88. The second-order valence-electron chi connectivity index (χ2n) is 4.98. The number of hydrazine groups is 1. The van der Waals surface area contributed by atoms with Gasteiger partial charge in [0.1, 0.15) is 17.5 Å². The lowest BCUT2D eigenvalue weighted by atomic mass is 10.1. The molecule has 4 N–H and O–H groups in total. The Kier molecular flexibility index (Phi) is 5.51. The number of benzene rings is 1. The van der Waals surface area contributed by atoms with Crippen LogP contribution in [0, 0.1) is 6.92 Å². The van der Waals surface area contributed by atoms with Gasteiger partial charge in [-0.15, -0.1) is 0 Å². The van der Waals surface area contributed by atoms with Gasteiger partial charge in [0.2, 0.25) is 0 Å². The average Bonchev–Trinajstić information content (AvgIpc) is 2.54. The van der Waals surface area contributed by atoms with E-state index in [1.165, 1.54) is 5.56 Å². The molecule has 112 valence electrons. The zero-order valence-electron chi connectivity index (χ0n) is 12.7. The van der Waals surface area contributed by atoms with Gasteiger partial charge in [0.05, 0.1) is 0 Å². The van der Waals surface area contributed by atoms with E-state index >= 15 is 0 Å². The number of aryl methyl sites for hydroxylation is 2. The van der Waals surface area contributed by atoms with Gasteiger partial charge in [-0.3, -0.25) is 0 Å². The van der Waals surface area contributed by atoms with Crippen molar-refractivity contribution in [3.63, 3.8) is 0 Å². The van der Waals surface area contributed by atoms with Crippen LogP contribution in [0.15, 0.2) is 30.3 Å². The van der Waals surface area contributed by atoms with E-state index in [1.54, 1.807) is 0 Å². The maximum Gasteiger partial charge on any atom is 0.148 e. The van der Waals surface area contributed by atoms with E-state index in [4.69, 9.17) is 5.84 Å². The third kappa shape index (κ3) is 4.16. The maximum atomic E-state index is 5.51. The summed E-state index contributed by atoms with van der Waals surface area (Å²) in [6.45, 7) is 4.87. The molecular weight excluding hydrogens is 262 g/mol. The van der Waals surface area contributed by atoms with Gasteiger partial charge in [0, 0.05) is 18.5 Å². The third-order valence-corrected chi connectivity index (χ3v) is 3.42. The maximum absolute atomic E-state index is 5.51. The summed E-state index contributed by atoms with van der Waals surface area (Å²) in [5.74, 6) is 7.85. The van der Waals surface area contributed by atoms with Crippen molar-refractivity contribution in [2.45, 2.75) is 33.1 Å². The second kappa shape index (κ2) is 7.59. The average molecular weight is 285 g/mol. The Morgan fingerprint density at radius 1 is 1.10 bits per heavy atom. The fourth-order valence-electron chi connectivity index (χ4n) is 2.18. The highest BCUT2D eigenvalue weighted by molar-refractivity contribution is 5.56. The van der Waals surface area contributed by atoms with Crippen LogP contribution >= 0.6 is 0 Å². The van der Waals surface area contributed by atoms with Gasteiger partial charge >= 0.3 is 0 Å². The lowest BCUT2D eigenvalue weighted by molar-refractivity contribution is 0.849. The molecule has 2 rings (SSSR count). The molecule has 5 nitrogen and oxygen atoms in total. The highest BCUT2D eigenvalue weighted by atomic mass is 15.3. The SMILES string of the molecule is CCc1nc(NN)c(C)c(NCCCc2ccccc2)n1. The van der Waals surface area contributed by atoms with Gasteiger partial charge in [0.25, 0.3) is 0 Å². The molecule has 0 radical (unpaired) electrons. The van der Waals surface area contributed by atoms with Crippen LogP contribution in [0.1, 0.15) is 30.3 Å². The minimum Gasteiger partial charge on any atom is -0.370 e. The van der Waals surface area contributed by atoms with Crippen molar-refractivity contribution in [3.8, 4) is 0 Å². The Morgan fingerprint density at radius 3 is 2.48 bits per heavy atom. The van der Waals surface area contributed by atoms with Gasteiger partial charge in [0.15, 0.2) is 0 Å². The third-order valence-electron chi connectivity index (χ3n) is 3.42. The molecule has 0 spiro atoms. The van der Waals surface area contributed by atoms with Crippen LogP contribution in [0.4, 0.5) is 11.6 Å². The smallest absolute Gasteiger partial charge is 0.148 e. The summed E-state index contributed by atoms with van der Waals surface area (Å²) >= 11 is 0. The molecule has 2 aromatic rings. The monoisotopic (exact) mass is 285 g/mol. The Hall–Kier alpha value is -2.14. The van der Waals surface area contributed by atoms with Gasteiger partial charge in [-0.05, 0) is 25.3 Å². The molecule has 0 aliphatic heterocycles. The van der Waals surface area contributed by atoms with Gasteiger partial charge in [-0.2, -0.15) is 0 Å². The number of rotatable bonds is 7. The Morgan fingerprint density at radius 2 is 1.81 bits per heavy atom. The highest BCUT2D eigenvalue weighted by Gasteiger charge is 2.08. The lowest BCUT2D eigenvalue weighted by Crippen LogP contribution is -2.15. The summed E-state index contributed by atoms with van der Waals surface area (Å²) in [5.41, 5.74) is 4.95. The Bertz CT molecular complexity index is 568. The molecule has 1 heterocycles. The molecule has 0 bridgehead atoms. The first kappa shape index (κ1) is 15.3. The van der Waals surface area contributed by atoms with Crippen LogP contribution in [-0.2, 0) is 12.8 Å². The second-order valence-corrected chi connectivity index (χ2v) is 4.98. The van der Waals surface area contributed by atoms with E-state index in [2.05, 4.69) is 45.0 Å². The van der Waals surface area contributed by atoms with E-state index in [1.807, 2.05) is 19.9 Å². The normalized spacial score (nSPS) is 10.4. The fraction of sp³-hybridized carbons (Fsp3) is 0.375. The largest absolute Gasteiger partial charge is 0.370 e. The summed E-state index contributed by atoms with van der Waals surface area (Å²) in [6.07, 6.45) is 2.90. The van der Waals surface area contributed by atoms with Gasteiger partial charge in [-0.1, -0.05) is 37.3 Å². The van der Waals surface area contributed by atoms with Crippen LogP contribution in [0.25, 0.3) is 0 Å². The molecule has 0 aliphatic rings. The van der Waals surface area contributed by atoms with Crippen molar-refractivity contribution >= 4 is 11.6 Å². The summed E-state index contributed by atoms with van der Waals surface area (Å²) < 4.78 is 0. The molecule has 0 aliphatic carbocycles. The predicted molar refractivity (Wildman–Crippen MR) is 87.2 cm³/mol. The zero-order valence-corrected chi connectivity index (χ0v) is 12.7. The van der Waals surface area contributed by atoms with Gasteiger partial charge < -0.3 is 10.7 Å². The minimum absolute atomic E-state index is 0.687. The molecule has 5 heteroatoms. The standard InChI is InChI=1S/C16H23N5/c1-3-14-19-15(12(2)16(20-14)21-17)18-11-7-10-13-8-5-4-6-9-13/h4-6,8-9H,3,7,10-11,17H2,1-2H3,(H2,18,19,20,21). The molecule has 0 unspecified atom stereocenters. The first-order valence-electron chi connectivity index (χ1n) is 7.36. The molecule has 1 aromatic heterocycles. The first-order chi connectivity index (χ1) is 10.2. The molecule has 1 aromatic carbocycles. The van der Waals surface area contributed by atoms with E-state index in [0.29, 0.717) is 5.82 Å². The van der Waals surface area contributed by atoms with Crippen LogP contribution in [0.5, 0.6) is 0 Å². The molecule has 0 saturated heterocycles. The number of anilines is 2. The highest BCUT2D eigenvalue weighted by Crippen LogP contribution is 2.19. The van der Waals surface area contributed by atoms with Crippen molar-refractivity contribution in [3.05, 3.63) is 47.3 Å². The first-order valence-corrected chi connectivity index (χ1v) is 7.36. The Balaban J connectivity index is 1.93. The lowest BCUT2D eigenvalue weighted by Gasteiger charge is -2.13. The zero-order chi connectivity index (χ0) is 15.1. The number of nitrogens with two attached hydrogens (primary N) is 1. The Labute approximate surface area is 126 Å². The summed E-state index contributed by atoms with van der Waals surface area (Å²) in [5, 5.41) is 3.39. The van der Waals surface area contributed by atoms with Crippen molar-refractivity contribution in [2.75, 3.05) is 17.3 Å². The van der Waals surface area contributed by atoms with Crippen molar-refractivity contribution in [1.82, 2.24) is 9.97 Å². The van der Waals surface area contributed by atoms with Crippen molar-refractivity contribution in [2.24, 2.45) is 5.84 Å². The number of nitrogens with zero attached hydrogens (tertiary/aromatic N) is 2. The molecule has 21 heavy (non-hydrogen) atoms. The van der Waals surface area contributed by atoms with E-state index in [0.717, 1.165) is 43.0 Å². The van der Waals surface area contributed by atoms with E-state index < -0.39 is 0 Å². The number of hydrogen-bond acceptors (Lipinski definition) is 5. The fourth-order valence-corrected chi connectivity index (χ4v) is 2.18. The van der Waals surface area contributed by atoms with Gasteiger partial charge in [-0.25, -0.2) is 15.8 Å². The molecule has 0 saturated carbocycles. The quantitative estimate of drug-likeness (QED) is 0.414. The van der Waals surface area contributed by atoms with Crippen LogP contribution in [-0.4, -0.2) is 16.5 Å². The molecule has 0 atom stereocenters. The minimum atomic E-state index is 0.687. The van der Waals surface area contributed by atoms with Crippen molar-refractivity contribution in [1.29, 1.82) is 0 Å². The van der Waals surface area contributed by atoms with Crippen LogP contribution in [0.3, 0.4) is 0 Å². The van der Waals surface area contributed by atoms with Crippen LogP contribution < -0.4 is 16.6 Å². The summed E-state index contributed by atoms with van der Waals surface area (Å²) in [6, 6.07) is 10.5. The molecule has 0 amide bonds. The van der Waals surface area contributed by atoms with Crippen molar-refractivity contribution < 1.29 is 0 Å². The predicted octanol–water partition coefficient (Wildman–Crippen LogP) is 2.68. The number of aromatic nitrogens is 2. The topological polar surface area (TPSA) is 75.9 Å². The molecular formula is C16H23N5. The number of nitrogens with one attached hydrogen (secondary N) is 2. The summed E-state index contributed by atoms with van der Waals surface area (Å²) in [7, 11) is 0. The van der Waals surface area contributed by atoms with E-state index in [9.17, 15) is 0 Å². The molecule has 0 fully saturated rings. The van der Waals surface area contributed by atoms with Crippen LogP contribution in [0.2, 0.25) is 0 Å². The number of nitrogen functional groups attached to an aromatic ring is 1.